The van der Waals surface area contributed by atoms with E-state index in [1.54, 1.807) is 7.11 Å². The van der Waals surface area contributed by atoms with Gasteiger partial charge in [-0.05, 0) is 12.0 Å². The fourth-order valence-corrected chi connectivity index (χ4v) is 1.81. The van der Waals surface area contributed by atoms with E-state index in [0.29, 0.717) is 8.81 Å². The van der Waals surface area contributed by atoms with Gasteiger partial charge in [-0.1, -0.05) is 31.2 Å². The van der Waals surface area contributed by atoms with E-state index in [2.05, 4.69) is 31.2 Å². The lowest BCUT2D eigenvalue weighted by molar-refractivity contribution is 0.481. The molecule has 1 atom stereocenters. The second-order valence-electron chi connectivity index (χ2n) is 2.32. The molecule has 0 spiro atoms. The standard InChI is InChI=1S/C9H13OP/c1-3-8-6-4-5-7-9(8)11-10-2/h4-7,11H,3H2,1-2H3. The minimum Gasteiger partial charge on any atom is -0.361 e. The zero-order valence-electron chi connectivity index (χ0n) is 6.92. The molecule has 0 saturated heterocycles. The predicted molar refractivity (Wildman–Crippen MR) is 50.8 cm³/mol. The van der Waals surface area contributed by atoms with Crippen LogP contribution in [0.2, 0.25) is 0 Å². The van der Waals surface area contributed by atoms with Crippen LogP contribution < -0.4 is 5.30 Å². The second-order valence-corrected chi connectivity index (χ2v) is 3.47. The van der Waals surface area contributed by atoms with Gasteiger partial charge in [0, 0.05) is 21.2 Å². The minimum absolute atomic E-state index is 0.493. The van der Waals surface area contributed by atoms with E-state index < -0.39 is 0 Å². The minimum atomic E-state index is 0.493. The van der Waals surface area contributed by atoms with Crippen LogP contribution in [0.3, 0.4) is 0 Å². The molecule has 0 aliphatic carbocycles. The molecule has 0 amide bonds. The molecular formula is C9H13OP. The van der Waals surface area contributed by atoms with Gasteiger partial charge in [0.2, 0.25) is 0 Å². The molecular weight excluding hydrogens is 155 g/mol. The van der Waals surface area contributed by atoms with Gasteiger partial charge in [-0.3, -0.25) is 0 Å². The van der Waals surface area contributed by atoms with Crippen molar-refractivity contribution in [2.75, 3.05) is 7.11 Å². The van der Waals surface area contributed by atoms with Crippen molar-refractivity contribution in [3.8, 4) is 0 Å². The van der Waals surface area contributed by atoms with E-state index in [9.17, 15) is 0 Å². The van der Waals surface area contributed by atoms with Crippen LogP contribution in [0, 0.1) is 0 Å². The van der Waals surface area contributed by atoms with Gasteiger partial charge >= 0.3 is 0 Å². The normalized spacial score (nSPS) is 11.1. The first-order chi connectivity index (χ1) is 5.38. The topological polar surface area (TPSA) is 9.23 Å². The molecule has 1 unspecified atom stereocenters. The molecule has 11 heavy (non-hydrogen) atoms. The third-order valence-corrected chi connectivity index (χ3v) is 2.52. The van der Waals surface area contributed by atoms with Crippen molar-refractivity contribution in [2.24, 2.45) is 0 Å². The van der Waals surface area contributed by atoms with E-state index in [1.165, 1.54) is 10.9 Å². The average molecular weight is 168 g/mol. The summed E-state index contributed by atoms with van der Waals surface area (Å²) in [6, 6.07) is 8.41. The molecule has 1 aromatic rings. The van der Waals surface area contributed by atoms with Crippen LogP contribution in [0.4, 0.5) is 0 Å². The van der Waals surface area contributed by atoms with E-state index in [0.717, 1.165) is 6.42 Å². The van der Waals surface area contributed by atoms with Crippen molar-refractivity contribution < 1.29 is 4.52 Å². The Morgan fingerprint density at radius 1 is 1.36 bits per heavy atom. The van der Waals surface area contributed by atoms with Crippen LogP contribution in [0.5, 0.6) is 0 Å². The van der Waals surface area contributed by atoms with Gasteiger partial charge in [-0.25, -0.2) is 0 Å². The second kappa shape index (κ2) is 4.48. The maximum atomic E-state index is 5.10. The van der Waals surface area contributed by atoms with Crippen LogP contribution in [0.25, 0.3) is 0 Å². The number of hydrogen-bond donors (Lipinski definition) is 0. The van der Waals surface area contributed by atoms with Crippen LogP contribution in [0.1, 0.15) is 12.5 Å². The highest BCUT2D eigenvalue weighted by molar-refractivity contribution is 7.42. The van der Waals surface area contributed by atoms with Gasteiger partial charge in [-0.15, -0.1) is 0 Å². The van der Waals surface area contributed by atoms with Crippen molar-refractivity contribution in [3.05, 3.63) is 29.8 Å². The summed E-state index contributed by atoms with van der Waals surface area (Å²) in [6.07, 6.45) is 1.09. The number of aryl methyl sites for hydroxylation is 1. The summed E-state index contributed by atoms with van der Waals surface area (Å²) in [7, 11) is 2.23. The Hall–Kier alpha value is -0.390. The Morgan fingerprint density at radius 3 is 2.73 bits per heavy atom. The van der Waals surface area contributed by atoms with Crippen molar-refractivity contribution in [1.82, 2.24) is 0 Å². The molecule has 0 aliphatic heterocycles. The maximum absolute atomic E-state index is 5.10. The quantitative estimate of drug-likeness (QED) is 0.628. The molecule has 1 rings (SSSR count). The highest BCUT2D eigenvalue weighted by Crippen LogP contribution is 2.13. The van der Waals surface area contributed by atoms with Gasteiger partial charge in [-0.2, -0.15) is 0 Å². The van der Waals surface area contributed by atoms with E-state index in [1.807, 2.05) is 0 Å². The third-order valence-electron chi connectivity index (χ3n) is 1.61. The average Bonchev–Trinajstić information content (AvgIpc) is 2.06. The van der Waals surface area contributed by atoms with Crippen LogP contribution in [-0.4, -0.2) is 7.11 Å². The Bertz CT molecular complexity index is 223. The Kier molecular flexibility index (Phi) is 3.55. The smallest absolute Gasteiger partial charge is 0.0458 e. The van der Waals surface area contributed by atoms with Crippen LogP contribution >= 0.6 is 8.81 Å². The highest BCUT2D eigenvalue weighted by atomic mass is 31.1. The Balaban J connectivity index is 2.83. The fourth-order valence-electron chi connectivity index (χ4n) is 1.04. The predicted octanol–water partition coefficient (Wildman–Crippen LogP) is 2.11. The molecule has 0 fully saturated rings. The monoisotopic (exact) mass is 168 g/mol. The molecule has 0 bridgehead atoms. The Labute approximate surface area is 69.6 Å². The molecule has 0 aromatic heterocycles. The molecule has 60 valence electrons. The van der Waals surface area contributed by atoms with Gasteiger partial charge in [0.05, 0.1) is 0 Å². The summed E-state index contributed by atoms with van der Waals surface area (Å²) in [5.41, 5.74) is 1.40. The molecule has 0 aliphatic rings. The maximum Gasteiger partial charge on any atom is 0.0458 e. The molecule has 0 radical (unpaired) electrons. The molecule has 2 heteroatoms. The zero-order valence-corrected chi connectivity index (χ0v) is 7.92. The van der Waals surface area contributed by atoms with Crippen molar-refractivity contribution in [1.29, 1.82) is 0 Å². The van der Waals surface area contributed by atoms with Gasteiger partial charge in [0.15, 0.2) is 0 Å². The SMILES string of the molecule is CCc1ccccc1POC. The van der Waals surface area contributed by atoms with Gasteiger partial charge in [0.1, 0.15) is 0 Å². The lowest BCUT2D eigenvalue weighted by Crippen LogP contribution is -2.01. The van der Waals surface area contributed by atoms with Gasteiger partial charge in [0.25, 0.3) is 0 Å². The summed E-state index contributed by atoms with van der Waals surface area (Å²) < 4.78 is 5.10. The number of benzene rings is 1. The third kappa shape index (κ3) is 2.28. The summed E-state index contributed by atoms with van der Waals surface area (Å²) in [4.78, 5) is 0. The highest BCUT2D eigenvalue weighted by Gasteiger charge is 1.97. The van der Waals surface area contributed by atoms with Crippen LogP contribution in [-0.2, 0) is 10.9 Å². The first kappa shape index (κ1) is 8.70. The lowest BCUT2D eigenvalue weighted by atomic mass is 10.2. The van der Waals surface area contributed by atoms with E-state index in [-0.39, 0.29) is 0 Å². The fraction of sp³-hybridized carbons (Fsp3) is 0.333. The summed E-state index contributed by atoms with van der Waals surface area (Å²) >= 11 is 0. The molecule has 1 aromatic carbocycles. The summed E-state index contributed by atoms with van der Waals surface area (Å²) in [6.45, 7) is 2.17. The number of rotatable bonds is 3. The largest absolute Gasteiger partial charge is 0.361 e. The first-order valence-corrected chi connectivity index (χ1v) is 4.66. The zero-order chi connectivity index (χ0) is 8.10. The molecule has 0 N–H and O–H groups in total. The van der Waals surface area contributed by atoms with Crippen molar-refractivity contribution in [3.63, 3.8) is 0 Å². The molecule has 1 nitrogen and oxygen atoms in total. The Morgan fingerprint density at radius 2 is 2.09 bits per heavy atom. The van der Waals surface area contributed by atoms with E-state index >= 15 is 0 Å². The van der Waals surface area contributed by atoms with Crippen molar-refractivity contribution in [2.45, 2.75) is 13.3 Å². The first-order valence-electron chi connectivity index (χ1n) is 3.75. The summed E-state index contributed by atoms with van der Waals surface area (Å²) in [5.74, 6) is 0. The molecule has 0 saturated carbocycles. The van der Waals surface area contributed by atoms with E-state index in [4.69, 9.17) is 4.52 Å². The molecule has 0 heterocycles. The summed E-state index contributed by atoms with van der Waals surface area (Å²) in [5, 5.41) is 1.33. The van der Waals surface area contributed by atoms with Crippen molar-refractivity contribution >= 4 is 14.1 Å². The lowest BCUT2D eigenvalue weighted by Gasteiger charge is -2.04. The number of hydrogen-bond acceptors (Lipinski definition) is 1. The van der Waals surface area contributed by atoms with Crippen LogP contribution in [0.15, 0.2) is 24.3 Å². The van der Waals surface area contributed by atoms with Gasteiger partial charge < -0.3 is 4.52 Å².